The van der Waals surface area contributed by atoms with Crippen LogP contribution >= 0.6 is 0 Å². The van der Waals surface area contributed by atoms with Crippen LogP contribution in [0.5, 0.6) is 0 Å². The van der Waals surface area contributed by atoms with E-state index in [1.807, 2.05) is 24.0 Å². The highest BCUT2D eigenvalue weighted by Crippen LogP contribution is 2.22. The van der Waals surface area contributed by atoms with Crippen molar-refractivity contribution in [2.45, 2.75) is 32.6 Å². The number of pyridine rings is 1. The van der Waals surface area contributed by atoms with Gasteiger partial charge < -0.3 is 9.80 Å². The quantitative estimate of drug-likeness (QED) is 0.762. The van der Waals surface area contributed by atoms with Crippen molar-refractivity contribution in [1.29, 1.82) is 0 Å². The first-order valence-electron chi connectivity index (χ1n) is 9.73. The topological polar surface area (TPSA) is 36.4 Å². The molecule has 1 aliphatic rings. The summed E-state index contributed by atoms with van der Waals surface area (Å²) in [5.74, 6) is 0.703. The van der Waals surface area contributed by atoms with Gasteiger partial charge in [-0.15, -0.1) is 0 Å². The zero-order valence-corrected chi connectivity index (χ0v) is 15.7. The maximum atomic E-state index is 12.5. The van der Waals surface area contributed by atoms with Crippen LogP contribution in [0, 0.1) is 5.92 Å². The number of piperidine rings is 1. The van der Waals surface area contributed by atoms with Crippen molar-refractivity contribution in [1.82, 2.24) is 9.88 Å². The van der Waals surface area contributed by atoms with Crippen molar-refractivity contribution in [3.8, 4) is 0 Å². The normalized spacial score (nSPS) is 17.8. The van der Waals surface area contributed by atoms with Gasteiger partial charge in [-0.25, -0.2) is 0 Å². The van der Waals surface area contributed by atoms with E-state index in [1.165, 1.54) is 18.4 Å². The molecule has 138 valence electrons. The average molecular weight is 351 g/mol. The molecular weight excluding hydrogens is 322 g/mol. The summed E-state index contributed by atoms with van der Waals surface area (Å²) in [5.41, 5.74) is 2.31. The number of hydrogen-bond donors (Lipinski definition) is 0. The highest BCUT2D eigenvalue weighted by Gasteiger charge is 2.24. The minimum absolute atomic E-state index is 0.180. The lowest BCUT2D eigenvalue weighted by Crippen LogP contribution is -2.43. The summed E-state index contributed by atoms with van der Waals surface area (Å²) in [6, 6.07) is 14.6. The van der Waals surface area contributed by atoms with E-state index in [1.54, 1.807) is 12.4 Å². The van der Waals surface area contributed by atoms with E-state index in [0.29, 0.717) is 12.3 Å². The maximum absolute atomic E-state index is 12.5. The summed E-state index contributed by atoms with van der Waals surface area (Å²) in [5, 5.41) is 0. The first-order chi connectivity index (χ1) is 12.8. The lowest BCUT2D eigenvalue weighted by molar-refractivity contribution is -0.118. The fourth-order valence-electron chi connectivity index (χ4n) is 3.75. The van der Waals surface area contributed by atoms with Gasteiger partial charge in [-0.2, -0.15) is 0 Å². The molecule has 1 aromatic carbocycles. The number of rotatable bonds is 7. The fraction of sp³-hybridized carbons (Fsp3) is 0.455. The molecule has 4 heteroatoms. The van der Waals surface area contributed by atoms with Crippen LogP contribution < -0.4 is 4.90 Å². The molecule has 0 saturated carbocycles. The Morgan fingerprint density at radius 3 is 2.81 bits per heavy atom. The lowest BCUT2D eigenvalue weighted by atomic mass is 9.96. The van der Waals surface area contributed by atoms with Crippen LogP contribution in [0.25, 0.3) is 0 Å². The molecule has 1 saturated heterocycles. The van der Waals surface area contributed by atoms with Crippen molar-refractivity contribution in [3.63, 3.8) is 0 Å². The second-order valence-corrected chi connectivity index (χ2v) is 7.11. The fourth-order valence-corrected chi connectivity index (χ4v) is 3.75. The van der Waals surface area contributed by atoms with Crippen molar-refractivity contribution in [2.75, 3.05) is 31.1 Å². The molecule has 0 spiro atoms. The number of anilines is 1. The second kappa shape index (κ2) is 9.48. The van der Waals surface area contributed by atoms with Crippen LogP contribution in [0.1, 0.15) is 31.7 Å². The molecule has 4 nitrogen and oxygen atoms in total. The number of hydrogen-bond acceptors (Lipinski definition) is 3. The van der Waals surface area contributed by atoms with Crippen LogP contribution in [0.3, 0.4) is 0 Å². The van der Waals surface area contributed by atoms with E-state index < -0.39 is 0 Å². The molecule has 0 radical (unpaired) electrons. The number of benzene rings is 1. The molecule has 2 aromatic rings. The third-order valence-electron chi connectivity index (χ3n) is 5.16. The molecule has 1 amide bonds. The van der Waals surface area contributed by atoms with Crippen LogP contribution in [0.15, 0.2) is 54.9 Å². The van der Waals surface area contributed by atoms with E-state index in [9.17, 15) is 4.79 Å². The molecule has 0 aliphatic carbocycles. The molecule has 2 heterocycles. The van der Waals surface area contributed by atoms with E-state index >= 15 is 0 Å². The van der Waals surface area contributed by atoms with E-state index in [-0.39, 0.29) is 5.91 Å². The Morgan fingerprint density at radius 1 is 1.23 bits per heavy atom. The summed E-state index contributed by atoms with van der Waals surface area (Å²) < 4.78 is 0. The van der Waals surface area contributed by atoms with Gasteiger partial charge in [0.1, 0.15) is 0 Å². The summed E-state index contributed by atoms with van der Waals surface area (Å²) >= 11 is 0. The molecule has 1 aliphatic heterocycles. The van der Waals surface area contributed by atoms with Crippen LogP contribution in [-0.2, 0) is 11.2 Å². The predicted molar refractivity (Wildman–Crippen MR) is 106 cm³/mol. The molecule has 3 rings (SSSR count). The molecule has 1 unspecified atom stereocenters. The highest BCUT2D eigenvalue weighted by molar-refractivity contribution is 5.92. The van der Waals surface area contributed by atoms with Gasteiger partial charge in [0.25, 0.3) is 0 Å². The molecule has 1 atom stereocenters. The Hall–Kier alpha value is -2.20. The minimum Gasteiger partial charge on any atom is -0.311 e. The second-order valence-electron chi connectivity index (χ2n) is 7.11. The zero-order chi connectivity index (χ0) is 18.2. The van der Waals surface area contributed by atoms with Gasteiger partial charge in [0, 0.05) is 32.3 Å². The Bertz CT molecular complexity index is 674. The third-order valence-corrected chi connectivity index (χ3v) is 5.16. The van der Waals surface area contributed by atoms with Gasteiger partial charge in [0.05, 0.1) is 11.9 Å². The molecule has 1 aromatic heterocycles. The van der Waals surface area contributed by atoms with Gasteiger partial charge in [0.15, 0.2) is 0 Å². The van der Waals surface area contributed by atoms with E-state index in [4.69, 9.17) is 0 Å². The molecular formula is C22H29N3O. The number of nitrogens with zero attached hydrogens (tertiary/aromatic N) is 3. The van der Waals surface area contributed by atoms with Crippen molar-refractivity contribution in [2.24, 2.45) is 5.92 Å². The number of amides is 1. The van der Waals surface area contributed by atoms with Gasteiger partial charge >= 0.3 is 0 Å². The van der Waals surface area contributed by atoms with Crippen molar-refractivity contribution < 1.29 is 4.79 Å². The largest absolute Gasteiger partial charge is 0.311 e. The number of carbonyl (C=O) groups is 1. The van der Waals surface area contributed by atoms with E-state index in [2.05, 4.69) is 40.2 Å². The Morgan fingerprint density at radius 2 is 2.08 bits per heavy atom. The Labute approximate surface area is 156 Å². The van der Waals surface area contributed by atoms with Gasteiger partial charge in [-0.3, -0.25) is 9.78 Å². The monoisotopic (exact) mass is 351 g/mol. The van der Waals surface area contributed by atoms with Crippen molar-refractivity contribution in [3.05, 3.63) is 60.4 Å². The molecule has 0 bridgehead atoms. The summed E-state index contributed by atoms with van der Waals surface area (Å²) in [6.07, 6.45) is 7.57. The maximum Gasteiger partial charge on any atom is 0.226 e. The summed E-state index contributed by atoms with van der Waals surface area (Å²) in [4.78, 5) is 21.1. The summed E-state index contributed by atoms with van der Waals surface area (Å²) in [7, 11) is 0. The molecule has 1 fully saturated rings. The smallest absolute Gasteiger partial charge is 0.226 e. The highest BCUT2D eigenvalue weighted by atomic mass is 16.2. The van der Waals surface area contributed by atoms with Gasteiger partial charge in [-0.05, 0) is 49.4 Å². The molecule has 26 heavy (non-hydrogen) atoms. The standard InChI is InChI=1S/C22H29N3O/c1-2-22(26)25(21-11-6-13-23-16-21)18-20-10-7-14-24(17-20)15-12-19-8-4-3-5-9-19/h3-6,8-9,11,13,16,20H,2,7,10,12,14-15,17-18H2,1H3. The Kier molecular flexibility index (Phi) is 6.78. The lowest BCUT2D eigenvalue weighted by Gasteiger charge is -2.35. The van der Waals surface area contributed by atoms with Crippen molar-refractivity contribution >= 4 is 11.6 Å². The average Bonchev–Trinajstić information content (AvgIpc) is 2.72. The minimum atomic E-state index is 0.180. The number of likely N-dealkylation sites (tertiary alicyclic amines) is 1. The summed E-state index contributed by atoms with van der Waals surface area (Å²) in [6.45, 7) is 6.05. The van der Waals surface area contributed by atoms with Crippen LogP contribution in [-0.4, -0.2) is 42.0 Å². The molecule has 0 N–H and O–H groups in total. The SMILES string of the molecule is CCC(=O)N(CC1CCCN(CCc2ccccc2)C1)c1cccnc1. The van der Waals surface area contributed by atoms with Crippen LogP contribution in [0.2, 0.25) is 0 Å². The predicted octanol–water partition coefficient (Wildman–Crippen LogP) is 3.78. The van der Waals surface area contributed by atoms with E-state index in [0.717, 1.165) is 38.3 Å². The first kappa shape index (κ1) is 18.6. The first-order valence-corrected chi connectivity index (χ1v) is 9.73. The Balaban J connectivity index is 1.58. The van der Waals surface area contributed by atoms with Gasteiger partial charge in [0.2, 0.25) is 5.91 Å². The van der Waals surface area contributed by atoms with Gasteiger partial charge in [-0.1, -0.05) is 37.3 Å². The zero-order valence-electron chi connectivity index (χ0n) is 15.7. The number of carbonyl (C=O) groups excluding carboxylic acids is 1. The number of aromatic nitrogens is 1. The third kappa shape index (κ3) is 5.15. The van der Waals surface area contributed by atoms with Crippen LogP contribution in [0.4, 0.5) is 5.69 Å².